The van der Waals surface area contributed by atoms with Crippen molar-refractivity contribution in [2.24, 2.45) is 0 Å². The quantitative estimate of drug-likeness (QED) is 0.823. The molecule has 0 radical (unpaired) electrons. The van der Waals surface area contributed by atoms with Crippen molar-refractivity contribution in [1.82, 2.24) is 14.9 Å². The molecule has 0 bridgehead atoms. The summed E-state index contributed by atoms with van der Waals surface area (Å²) in [6, 6.07) is 5.49. The number of nitrogens with two attached hydrogens (primary N) is 1. The van der Waals surface area contributed by atoms with Crippen molar-refractivity contribution in [3.8, 4) is 0 Å². The maximum Gasteiger partial charge on any atom is 0.197 e. The number of aromatic nitrogens is 2. The Balaban J connectivity index is 1.60. The molecule has 1 aliphatic rings. The Kier molecular flexibility index (Phi) is 4.03. The lowest BCUT2D eigenvalue weighted by Gasteiger charge is -2.13. The highest BCUT2D eigenvalue weighted by molar-refractivity contribution is 7.84. The molecule has 0 aliphatic carbocycles. The average Bonchev–Trinajstić information content (AvgIpc) is 3.06. The SMILES string of the molecule is Nc1ccc2nc(S(=O)CCCN3CCCC3)[nH]c2c1. The standard InChI is InChI=1S/C14H20N4OS/c15-11-4-5-12-13(10-11)17-14(16-12)20(19)9-3-8-18-6-1-2-7-18/h4-5,10H,1-3,6-9,15H2,(H,16,17). The van der Waals surface area contributed by atoms with E-state index in [0.29, 0.717) is 16.6 Å². The predicted octanol–water partition coefficient (Wildman–Crippen LogP) is 1.74. The van der Waals surface area contributed by atoms with Crippen LogP contribution in [0.15, 0.2) is 23.4 Å². The van der Waals surface area contributed by atoms with Crippen molar-refractivity contribution >= 4 is 27.5 Å². The molecule has 1 aromatic carbocycles. The number of nitrogens with one attached hydrogen (secondary N) is 1. The van der Waals surface area contributed by atoms with Crippen LogP contribution in [0.25, 0.3) is 11.0 Å². The fourth-order valence-electron chi connectivity index (χ4n) is 2.63. The van der Waals surface area contributed by atoms with Crippen LogP contribution in [0, 0.1) is 0 Å². The lowest BCUT2D eigenvalue weighted by molar-refractivity contribution is 0.340. The largest absolute Gasteiger partial charge is 0.399 e. The van der Waals surface area contributed by atoms with Crippen molar-refractivity contribution in [3.05, 3.63) is 18.2 Å². The molecular weight excluding hydrogens is 272 g/mol. The van der Waals surface area contributed by atoms with E-state index in [9.17, 15) is 4.21 Å². The van der Waals surface area contributed by atoms with Gasteiger partial charge in [0, 0.05) is 11.4 Å². The van der Waals surface area contributed by atoms with Gasteiger partial charge in [-0.25, -0.2) is 4.98 Å². The van der Waals surface area contributed by atoms with E-state index >= 15 is 0 Å². The first-order valence-corrected chi connectivity index (χ1v) is 8.40. The summed E-state index contributed by atoms with van der Waals surface area (Å²) in [6.07, 6.45) is 3.55. The molecule has 1 aromatic heterocycles. The Morgan fingerprint density at radius 2 is 2.15 bits per heavy atom. The molecular formula is C14H20N4OS. The second-order valence-electron chi connectivity index (χ2n) is 5.27. The van der Waals surface area contributed by atoms with E-state index in [2.05, 4.69) is 14.9 Å². The first kappa shape index (κ1) is 13.6. The van der Waals surface area contributed by atoms with Crippen molar-refractivity contribution in [2.45, 2.75) is 24.4 Å². The molecule has 2 heterocycles. The Bertz CT molecular complexity index is 619. The van der Waals surface area contributed by atoms with Crippen LogP contribution in [0.2, 0.25) is 0 Å². The van der Waals surface area contributed by atoms with E-state index < -0.39 is 10.8 Å². The zero-order valence-corrected chi connectivity index (χ0v) is 12.3. The summed E-state index contributed by atoms with van der Waals surface area (Å²) >= 11 is 0. The first-order chi connectivity index (χ1) is 9.72. The molecule has 3 N–H and O–H groups in total. The fourth-order valence-corrected chi connectivity index (χ4v) is 3.64. The minimum absolute atomic E-state index is 0.562. The normalized spacial score (nSPS) is 17.8. The van der Waals surface area contributed by atoms with Gasteiger partial charge in [0.1, 0.15) is 0 Å². The molecule has 0 amide bonds. The molecule has 1 saturated heterocycles. The topological polar surface area (TPSA) is 75.0 Å². The average molecular weight is 292 g/mol. The van der Waals surface area contributed by atoms with Gasteiger partial charge >= 0.3 is 0 Å². The van der Waals surface area contributed by atoms with Gasteiger partial charge in [0.05, 0.1) is 21.8 Å². The molecule has 0 saturated carbocycles. The van der Waals surface area contributed by atoms with Crippen LogP contribution in [0.3, 0.4) is 0 Å². The van der Waals surface area contributed by atoms with Gasteiger partial charge in [-0.05, 0) is 57.1 Å². The Labute approximate surface area is 121 Å². The second-order valence-corrected chi connectivity index (χ2v) is 6.76. The lowest BCUT2D eigenvalue weighted by Crippen LogP contribution is -2.21. The highest BCUT2D eigenvalue weighted by Crippen LogP contribution is 2.17. The minimum Gasteiger partial charge on any atom is -0.399 e. The summed E-state index contributed by atoms with van der Waals surface area (Å²) in [5.74, 6) is 0.659. The molecule has 1 unspecified atom stereocenters. The molecule has 2 aromatic rings. The maximum absolute atomic E-state index is 12.2. The van der Waals surface area contributed by atoms with E-state index in [1.807, 2.05) is 18.2 Å². The van der Waals surface area contributed by atoms with Gasteiger partial charge in [-0.3, -0.25) is 4.21 Å². The molecule has 1 atom stereocenters. The van der Waals surface area contributed by atoms with Crippen LogP contribution >= 0.6 is 0 Å². The third-order valence-corrected chi connectivity index (χ3v) is 4.99. The number of nitrogens with zero attached hydrogens (tertiary/aromatic N) is 2. The third-order valence-electron chi connectivity index (χ3n) is 3.70. The molecule has 3 rings (SSSR count). The molecule has 1 fully saturated rings. The zero-order chi connectivity index (χ0) is 13.9. The Morgan fingerprint density at radius 3 is 2.95 bits per heavy atom. The third kappa shape index (κ3) is 3.02. The predicted molar refractivity (Wildman–Crippen MR) is 82.1 cm³/mol. The number of H-pyrrole nitrogens is 1. The van der Waals surface area contributed by atoms with E-state index in [-0.39, 0.29) is 0 Å². The Hall–Kier alpha value is -1.40. The first-order valence-electron chi connectivity index (χ1n) is 7.08. The number of rotatable bonds is 5. The van der Waals surface area contributed by atoms with Crippen LogP contribution < -0.4 is 5.73 Å². The van der Waals surface area contributed by atoms with Gasteiger partial charge in [-0.1, -0.05) is 0 Å². The van der Waals surface area contributed by atoms with E-state index in [0.717, 1.165) is 24.0 Å². The van der Waals surface area contributed by atoms with E-state index in [1.54, 1.807) is 0 Å². The number of anilines is 1. The summed E-state index contributed by atoms with van der Waals surface area (Å²) in [5.41, 5.74) is 8.09. The van der Waals surface area contributed by atoms with E-state index in [4.69, 9.17) is 5.73 Å². The fraction of sp³-hybridized carbons (Fsp3) is 0.500. The van der Waals surface area contributed by atoms with Gasteiger partial charge in [0.25, 0.3) is 0 Å². The monoisotopic (exact) mass is 292 g/mol. The number of fused-ring (bicyclic) bond motifs is 1. The molecule has 0 spiro atoms. The van der Waals surface area contributed by atoms with Crippen LogP contribution in [0.5, 0.6) is 0 Å². The summed E-state index contributed by atoms with van der Waals surface area (Å²) in [6.45, 7) is 3.42. The number of nitrogen functional groups attached to an aromatic ring is 1. The number of hydrogen-bond donors (Lipinski definition) is 2. The smallest absolute Gasteiger partial charge is 0.197 e. The molecule has 20 heavy (non-hydrogen) atoms. The van der Waals surface area contributed by atoms with Crippen molar-refractivity contribution in [2.75, 3.05) is 31.1 Å². The molecule has 6 heteroatoms. The van der Waals surface area contributed by atoms with Gasteiger partial charge in [0.2, 0.25) is 0 Å². The summed E-state index contributed by atoms with van der Waals surface area (Å²) in [5, 5.41) is 0.562. The summed E-state index contributed by atoms with van der Waals surface area (Å²) in [4.78, 5) is 9.93. The van der Waals surface area contributed by atoms with Gasteiger partial charge < -0.3 is 15.6 Å². The highest BCUT2D eigenvalue weighted by atomic mass is 32.2. The van der Waals surface area contributed by atoms with Crippen molar-refractivity contribution < 1.29 is 4.21 Å². The number of aromatic amines is 1. The summed E-state index contributed by atoms with van der Waals surface area (Å²) in [7, 11) is -1.06. The number of hydrogen-bond acceptors (Lipinski definition) is 4. The maximum atomic E-state index is 12.2. The number of benzene rings is 1. The van der Waals surface area contributed by atoms with Gasteiger partial charge in [0.15, 0.2) is 5.16 Å². The van der Waals surface area contributed by atoms with Crippen LogP contribution in [-0.2, 0) is 10.8 Å². The van der Waals surface area contributed by atoms with Crippen LogP contribution in [0.4, 0.5) is 5.69 Å². The second kappa shape index (κ2) is 5.93. The molecule has 5 nitrogen and oxygen atoms in total. The highest BCUT2D eigenvalue weighted by Gasteiger charge is 2.13. The van der Waals surface area contributed by atoms with Crippen molar-refractivity contribution in [3.63, 3.8) is 0 Å². The summed E-state index contributed by atoms with van der Waals surface area (Å²) < 4.78 is 12.2. The zero-order valence-electron chi connectivity index (χ0n) is 11.5. The van der Waals surface area contributed by atoms with Crippen LogP contribution in [0.1, 0.15) is 19.3 Å². The van der Waals surface area contributed by atoms with Crippen molar-refractivity contribution in [1.29, 1.82) is 0 Å². The molecule has 1 aliphatic heterocycles. The number of imidazole rings is 1. The van der Waals surface area contributed by atoms with Gasteiger partial charge in [-0.15, -0.1) is 0 Å². The minimum atomic E-state index is -1.06. The van der Waals surface area contributed by atoms with E-state index in [1.165, 1.54) is 25.9 Å². The van der Waals surface area contributed by atoms with Crippen LogP contribution in [-0.4, -0.2) is 44.5 Å². The van der Waals surface area contributed by atoms with Gasteiger partial charge in [-0.2, -0.15) is 0 Å². The molecule has 108 valence electrons. The lowest BCUT2D eigenvalue weighted by atomic mass is 10.3. The Morgan fingerprint density at radius 1 is 1.35 bits per heavy atom. The number of likely N-dealkylation sites (tertiary alicyclic amines) is 1.